The van der Waals surface area contributed by atoms with E-state index in [1.165, 1.54) is 12.8 Å². The summed E-state index contributed by atoms with van der Waals surface area (Å²) in [5.74, 6) is 0.294. The molecule has 1 atom stereocenters. The van der Waals surface area contributed by atoms with Crippen LogP contribution in [0.3, 0.4) is 0 Å². The molecule has 1 saturated carbocycles. The molecule has 0 amide bonds. The molecule has 3 N–H and O–H groups in total. The van der Waals surface area contributed by atoms with Crippen molar-refractivity contribution in [3.8, 4) is 0 Å². The summed E-state index contributed by atoms with van der Waals surface area (Å²) in [6.07, 6.45) is 5.80. The summed E-state index contributed by atoms with van der Waals surface area (Å²) in [5.41, 5.74) is 5.39. The van der Waals surface area contributed by atoms with Crippen LogP contribution in [-0.4, -0.2) is 40.8 Å². The van der Waals surface area contributed by atoms with Crippen molar-refractivity contribution in [2.24, 2.45) is 11.7 Å². The van der Waals surface area contributed by atoms with Crippen LogP contribution in [0.4, 0.5) is 0 Å². The highest BCUT2D eigenvalue weighted by atomic mass is 16.3. The lowest BCUT2D eigenvalue weighted by atomic mass is 9.87. The standard InChI is InChI=1S/C15H32N2O/c1-5-10-17(11-15(4,18)12(2)3)14-8-6-13(16)7-9-14/h12-14,18H,5-11,16H2,1-4H3. The predicted molar refractivity (Wildman–Crippen MR) is 77.6 cm³/mol. The molecule has 0 radical (unpaired) electrons. The third kappa shape index (κ3) is 4.52. The number of hydrogen-bond acceptors (Lipinski definition) is 3. The monoisotopic (exact) mass is 256 g/mol. The molecule has 0 heterocycles. The Balaban J connectivity index is 2.59. The number of hydrogen-bond donors (Lipinski definition) is 2. The fraction of sp³-hybridized carbons (Fsp3) is 1.00. The molecule has 108 valence electrons. The first-order chi connectivity index (χ1) is 8.36. The average molecular weight is 256 g/mol. The minimum absolute atomic E-state index is 0.294. The highest BCUT2D eigenvalue weighted by molar-refractivity contribution is 4.87. The van der Waals surface area contributed by atoms with Crippen molar-refractivity contribution in [1.82, 2.24) is 4.90 Å². The molecule has 3 heteroatoms. The molecule has 0 aromatic carbocycles. The maximum Gasteiger partial charge on any atom is 0.0768 e. The van der Waals surface area contributed by atoms with Gasteiger partial charge in [0.2, 0.25) is 0 Å². The smallest absolute Gasteiger partial charge is 0.0768 e. The Labute approximate surface area is 113 Å². The van der Waals surface area contributed by atoms with E-state index in [1.54, 1.807) is 0 Å². The first-order valence-corrected chi connectivity index (χ1v) is 7.58. The Morgan fingerprint density at radius 2 is 1.83 bits per heavy atom. The fourth-order valence-corrected chi connectivity index (χ4v) is 2.74. The zero-order chi connectivity index (χ0) is 13.8. The van der Waals surface area contributed by atoms with Crippen molar-refractivity contribution in [3.05, 3.63) is 0 Å². The summed E-state index contributed by atoms with van der Waals surface area (Å²) in [6.45, 7) is 10.3. The van der Waals surface area contributed by atoms with E-state index in [0.29, 0.717) is 18.0 Å². The molecular weight excluding hydrogens is 224 g/mol. The van der Waals surface area contributed by atoms with Crippen LogP contribution in [0.15, 0.2) is 0 Å². The minimum Gasteiger partial charge on any atom is -0.389 e. The fourth-order valence-electron chi connectivity index (χ4n) is 2.74. The van der Waals surface area contributed by atoms with E-state index in [-0.39, 0.29) is 0 Å². The van der Waals surface area contributed by atoms with Crippen molar-refractivity contribution in [2.45, 2.75) is 77.5 Å². The average Bonchev–Trinajstić information content (AvgIpc) is 2.29. The Kier molecular flexibility index (Phi) is 6.09. The van der Waals surface area contributed by atoms with Gasteiger partial charge in [0.1, 0.15) is 0 Å². The van der Waals surface area contributed by atoms with Crippen molar-refractivity contribution in [1.29, 1.82) is 0 Å². The Morgan fingerprint density at radius 3 is 2.28 bits per heavy atom. The molecule has 1 unspecified atom stereocenters. The van der Waals surface area contributed by atoms with Crippen LogP contribution in [0.2, 0.25) is 0 Å². The van der Waals surface area contributed by atoms with Crippen LogP contribution in [0.5, 0.6) is 0 Å². The zero-order valence-electron chi connectivity index (χ0n) is 12.7. The second kappa shape index (κ2) is 6.88. The van der Waals surface area contributed by atoms with E-state index in [0.717, 1.165) is 32.4 Å². The quantitative estimate of drug-likeness (QED) is 0.767. The van der Waals surface area contributed by atoms with Gasteiger partial charge >= 0.3 is 0 Å². The molecule has 1 aliphatic rings. The topological polar surface area (TPSA) is 49.5 Å². The van der Waals surface area contributed by atoms with E-state index >= 15 is 0 Å². The highest BCUT2D eigenvalue weighted by Crippen LogP contribution is 2.26. The lowest BCUT2D eigenvalue weighted by Gasteiger charge is -2.41. The van der Waals surface area contributed by atoms with Crippen LogP contribution in [0.1, 0.15) is 59.8 Å². The van der Waals surface area contributed by atoms with E-state index in [4.69, 9.17) is 5.73 Å². The Hall–Kier alpha value is -0.120. The van der Waals surface area contributed by atoms with Crippen LogP contribution < -0.4 is 5.73 Å². The van der Waals surface area contributed by atoms with Gasteiger partial charge in [-0.15, -0.1) is 0 Å². The van der Waals surface area contributed by atoms with Gasteiger partial charge in [0.15, 0.2) is 0 Å². The van der Waals surface area contributed by atoms with Gasteiger partial charge in [-0.2, -0.15) is 0 Å². The maximum absolute atomic E-state index is 10.5. The summed E-state index contributed by atoms with van der Waals surface area (Å²) >= 11 is 0. The molecule has 0 aliphatic heterocycles. The predicted octanol–water partition coefficient (Wildman–Crippen LogP) is 2.38. The molecule has 18 heavy (non-hydrogen) atoms. The van der Waals surface area contributed by atoms with Gasteiger partial charge in [-0.25, -0.2) is 0 Å². The largest absolute Gasteiger partial charge is 0.389 e. The summed E-state index contributed by atoms with van der Waals surface area (Å²) in [5, 5.41) is 10.5. The van der Waals surface area contributed by atoms with Crippen LogP contribution in [0.25, 0.3) is 0 Å². The van der Waals surface area contributed by atoms with Gasteiger partial charge in [0.05, 0.1) is 5.60 Å². The van der Waals surface area contributed by atoms with Gasteiger partial charge in [-0.05, 0) is 51.5 Å². The summed E-state index contributed by atoms with van der Waals surface area (Å²) in [6, 6.07) is 1.02. The zero-order valence-corrected chi connectivity index (χ0v) is 12.7. The lowest BCUT2D eigenvalue weighted by Crippen LogP contribution is -2.50. The first kappa shape index (κ1) is 15.9. The number of nitrogens with zero attached hydrogens (tertiary/aromatic N) is 1. The van der Waals surface area contributed by atoms with E-state index < -0.39 is 5.60 Å². The Morgan fingerprint density at radius 1 is 1.28 bits per heavy atom. The van der Waals surface area contributed by atoms with Crippen molar-refractivity contribution < 1.29 is 5.11 Å². The molecule has 0 spiro atoms. The summed E-state index contributed by atoms with van der Waals surface area (Å²) < 4.78 is 0. The molecule has 0 saturated heterocycles. The number of rotatable bonds is 6. The van der Waals surface area contributed by atoms with Gasteiger partial charge in [-0.3, -0.25) is 4.90 Å². The highest BCUT2D eigenvalue weighted by Gasteiger charge is 2.31. The molecule has 0 aromatic rings. The first-order valence-electron chi connectivity index (χ1n) is 7.58. The molecule has 0 bridgehead atoms. The van der Waals surface area contributed by atoms with E-state index in [1.807, 2.05) is 6.92 Å². The van der Waals surface area contributed by atoms with Gasteiger partial charge in [0.25, 0.3) is 0 Å². The van der Waals surface area contributed by atoms with Crippen molar-refractivity contribution in [3.63, 3.8) is 0 Å². The molecule has 1 rings (SSSR count). The Bertz CT molecular complexity index is 233. The minimum atomic E-state index is -0.589. The van der Waals surface area contributed by atoms with Gasteiger partial charge < -0.3 is 10.8 Å². The van der Waals surface area contributed by atoms with E-state index in [9.17, 15) is 5.11 Å². The number of nitrogens with two attached hydrogens (primary N) is 1. The van der Waals surface area contributed by atoms with Gasteiger partial charge in [0, 0.05) is 18.6 Å². The third-order valence-electron chi connectivity index (χ3n) is 4.54. The normalized spacial score (nSPS) is 28.7. The molecular formula is C15H32N2O. The van der Waals surface area contributed by atoms with Crippen molar-refractivity contribution >= 4 is 0 Å². The van der Waals surface area contributed by atoms with E-state index in [2.05, 4.69) is 25.7 Å². The second-order valence-corrected chi connectivity index (χ2v) is 6.55. The molecule has 1 fully saturated rings. The van der Waals surface area contributed by atoms with Crippen LogP contribution in [-0.2, 0) is 0 Å². The second-order valence-electron chi connectivity index (χ2n) is 6.55. The third-order valence-corrected chi connectivity index (χ3v) is 4.54. The molecule has 3 nitrogen and oxygen atoms in total. The van der Waals surface area contributed by atoms with Crippen molar-refractivity contribution in [2.75, 3.05) is 13.1 Å². The van der Waals surface area contributed by atoms with Gasteiger partial charge in [-0.1, -0.05) is 20.8 Å². The summed E-state index contributed by atoms with van der Waals surface area (Å²) in [4.78, 5) is 2.49. The maximum atomic E-state index is 10.5. The molecule has 0 aromatic heterocycles. The lowest BCUT2D eigenvalue weighted by molar-refractivity contribution is -0.0336. The SMILES string of the molecule is CCCN(CC(C)(O)C(C)C)C1CCC(N)CC1. The van der Waals surface area contributed by atoms with Crippen LogP contribution in [0, 0.1) is 5.92 Å². The number of aliphatic hydroxyl groups is 1. The summed E-state index contributed by atoms with van der Waals surface area (Å²) in [7, 11) is 0. The molecule has 1 aliphatic carbocycles. The van der Waals surface area contributed by atoms with Crippen LogP contribution >= 0.6 is 0 Å².